The van der Waals surface area contributed by atoms with Crippen LogP contribution in [0.15, 0.2) is 24.7 Å². The number of hydrogen-bond acceptors (Lipinski definition) is 5. The molecule has 0 spiro atoms. The fraction of sp³-hybridized carbons (Fsp3) is 0.421. The number of carbonyl (C=O) groups is 1. The van der Waals surface area contributed by atoms with Gasteiger partial charge in [0.25, 0.3) is 0 Å². The van der Waals surface area contributed by atoms with Gasteiger partial charge >= 0.3 is 5.97 Å². The molecule has 2 heterocycles. The summed E-state index contributed by atoms with van der Waals surface area (Å²) < 4.78 is 13.0. The summed E-state index contributed by atoms with van der Waals surface area (Å²) in [6.07, 6.45) is 6.66. The van der Waals surface area contributed by atoms with Gasteiger partial charge in [0.15, 0.2) is 11.5 Å². The van der Waals surface area contributed by atoms with E-state index in [9.17, 15) is 9.90 Å². The van der Waals surface area contributed by atoms with Gasteiger partial charge in [-0.05, 0) is 31.7 Å². The summed E-state index contributed by atoms with van der Waals surface area (Å²) in [7, 11) is 3.22. The van der Waals surface area contributed by atoms with Gasteiger partial charge in [0.05, 0.1) is 43.7 Å². The molecule has 2 aromatic heterocycles. The highest BCUT2D eigenvalue weighted by atomic mass is 16.5. The van der Waals surface area contributed by atoms with E-state index in [0.29, 0.717) is 24.3 Å². The Bertz CT molecular complexity index is 974. The monoisotopic (exact) mass is 355 g/mol. The van der Waals surface area contributed by atoms with Crippen molar-refractivity contribution in [2.45, 2.75) is 31.7 Å². The van der Waals surface area contributed by atoms with Crippen molar-refractivity contribution < 1.29 is 19.4 Å². The molecule has 136 valence electrons. The number of methoxy groups -OCH3 is 2. The Balaban J connectivity index is 1.81. The minimum absolute atomic E-state index is 0.233. The van der Waals surface area contributed by atoms with Gasteiger partial charge in [-0.15, -0.1) is 0 Å². The van der Waals surface area contributed by atoms with Crippen LogP contribution in [0.2, 0.25) is 0 Å². The number of fused-ring (bicyclic) bond motifs is 3. The standard InChI is InChI=1S/C19H21N3O4/c1-25-16-7-13-14(8-17(16)26-2)20-9-15-18(13)22(10-21-15)12-5-3-11(4-6-12)19(23)24/h7-12H,3-6H2,1-2H3,(H,23,24)/t11-,12-. The Kier molecular flexibility index (Phi) is 4.14. The number of ether oxygens (including phenoxy) is 2. The number of carboxylic acids is 1. The quantitative estimate of drug-likeness (QED) is 0.772. The Morgan fingerprint density at radius 1 is 1.08 bits per heavy atom. The molecule has 1 saturated carbocycles. The number of benzene rings is 1. The fourth-order valence-electron chi connectivity index (χ4n) is 3.92. The molecule has 1 fully saturated rings. The van der Waals surface area contributed by atoms with Crippen LogP contribution in [0, 0.1) is 5.92 Å². The van der Waals surface area contributed by atoms with Gasteiger partial charge in [-0.3, -0.25) is 9.78 Å². The van der Waals surface area contributed by atoms with Crippen LogP contribution in [0.5, 0.6) is 11.5 Å². The molecule has 0 saturated heterocycles. The molecule has 3 aromatic rings. The number of aliphatic carboxylic acids is 1. The van der Waals surface area contributed by atoms with Gasteiger partial charge in [-0.2, -0.15) is 0 Å². The molecule has 0 radical (unpaired) electrons. The van der Waals surface area contributed by atoms with Crippen molar-refractivity contribution in [1.82, 2.24) is 14.5 Å². The van der Waals surface area contributed by atoms with E-state index in [4.69, 9.17) is 9.47 Å². The zero-order chi connectivity index (χ0) is 18.3. The number of carboxylic acid groups (broad SMARTS) is 1. The largest absolute Gasteiger partial charge is 0.493 e. The van der Waals surface area contributed by atoms with Crippen LogP contribution >= 0.6 is 0 Å². The van der Waals surface area contributed by atoms with Crippen molar-refractivity contribution >= 4 is 27.9 Å². The minimum atomic E-state index is -0.689. The van der Waals surface area contributed by atoms with Gasteiger partial charge in [0, 0.05) is 17.5 Å². The SMILES string of the molecule is COc1cc2ncc3ncn([C@H]4CC[C@H](C(=O)O)CC4)c3c2cc1OC. The van der Waals surface area contributed by atoms with E-state index in [1.165, 1.54) is 0 Å². The lowest BCUT2D eigenvalue weighted by Gasteiger charge is -2.27. The van der Waals surface area contributed by atoms with Gasteiger partial charge in [0.2, 0.25) is 0 Å². The Morgan fingerprint density at radius 2 is 1.77 bits per heavy atom. The molecule has 1 aliphatic rings. The molecule has 0 amide bonds. The van der Waals surface area contributed by atoms with E-state index >= 15 is 0 Å². The molecule has 4 rings (SSSR count). The van der Waals surface area contributed by atoms with Crippen molar-refractivity contribution in [2.75, 3.05) is 14.2 Å². The maximum absolute atomic E-state index is 11.2. The molecule has 1 aliphatic carbocycles. The summed E-state index contributed by atoms with van der Waals surface area (Å²) in [5.74, 6) is 0.366. The fourth-order valence-corrected chi connectivity index (χ4v) is 3.92. The van der Waals surface area contributed by atoms with Crippen LogP contribution in [-0.2, 0) is 4.79 Å². The van der Waals surface area contributed by atoms with Crippen LogP contribution in [0.3, 0.4) is 0 Å². The summed E-state index contributed by atoms with van der Waals surface area (Å²) in [5, 5.41) is 10.2. The summed E-state index contributed by atoms with van der Waals surface area (Å²) in [6, 6.07) is 4.05. The molecule has 0 atom stereocenters. The molecule has 0 unspecified atom stereocenters. The Morgan fingerprint density at radius 3 is 2.42 bits per heavy atom. The molecular formula is C19H21N3O4. The maximum Gasteiger partial charge on any atom is 0.306 e. The number of nitrogens with zero attached hydrogens (tertiary/aromatic N) is 3. The van der Waals surface area contributed by atoms with E-state index in [1.807, 2.05) is 18.5 Å². The predicted octanol–water partition coefficient (Wildman–Crippen LogP) is 3.42. The van der Waals surface area contributed by atoms with Crippen LogP contribution in [-0.4, -0.2) is 39.8 Å². The van der Waals surface area contributed by atoms with Crippen molar-refractivity contribution in [2.24, 2.45) is 5.92 Å². The van der Waals surface area contributed by atoms with Gasteiger partial charge in [-0.1, -0.05) is 0 Å². The number of imidazole rings is 1. The van der Waals surface area contributed by atoms with E-state index in [2.05, 4.69) is 14.5 Å². The van der Waals surface area contributed by atoms with Gasteiger partial charge < -0.3 is 19.1 Å². The topological polar surface area (TPSA) is 86.5 Å². The van der Waals surface area contributed by atoms with E-state index in [-0.39, 0.29) is 12.0 Å². The third kappa shape index (κ3) is 2.64. The van der Waals surface area contributed by atoms with Crippen molar-refractivity contribution in [1.29, 1.82) is 0 Å². The molecule has 1 N–H and O–H groups in total. The van der Waals surface area contributed by atoms with E-state index in [0.717, 1.165) is 34.8 Å². The first-order valence-corrected chi connectivity index (χ1v) is 8.72. The summed E-state index contributed by atoms with van der Waals surface area (Å²) in [6.45, 7) is 0. The zero-order valence-electron chi connectivity index (χ0n) is 14.8. The average molecular weight is 355 g/mol. The number of hydrogen-bond donors (Lipinski definition) is 1. The first-order chi connectivity index (χ1) is 12.6. The Labute approximate surface area is 150 Å². The minimum Gasteiger partial charge on any atom is -0.493 e. The summed E-state index contributed by atoms with van der Waals surface area (Å²) >= 11 is 0. The Hall–Kier alpha value is -2.83. The lowest BCUT2D eigenvalue weighted by molar-refractivity contribution is -0.143. The first kappa shape index (κ1) is 16.6. The second-order valence-electron chi connectivity index (χ2n) is 6.71. The third-order valence-electron chi connectivity index (χ3n) is 5.34. The molecule has 0 bridgehead atoms. The highest BCUT2D eigenvalue weighted by molar-refractivity contribution is 6.03. The van der Waals surface area contributed by atoms with Crippen LogP contribution in [0.4, 0.5) is 0 Å². The number of aromatic nitrogens is 3. The molecule has 0 aliphatic heterocycles. The molecule has 7 nitrogen and oxygen atoms in total. The van der Waals surface area contributed by atoms with Crippen LogP contribution < -0.4 is 9.47 Å². The molecule has 26 heavy (non-hydrogen) atoms. The maximum atomic E-state index is 11.2. The lowest BCUT2D eigenvalue weighted by atomic mass is 9.86. The van der Waals surface area contributed by atoms with Crippen molar-refractivity contribution in [3.8, 4) is 11.5 Å². The predicted molar refractivity (Wildman–Crippen MR) is 96.8 cm³/mol. The second-order valence-corrected chi connectivity index (χ2v) is 6.71. The first-order valence-electron chi connectivity index (χ1n) is 8.72. The summed E-state index contributed by atoms with van der Waals surface area (Å²) in [4.78, 5) is 20.2. The number of pyridine rings is 1. The van der Waals surface area contributed by atoms with Crippen LogP contribution in [0.25, 0.3) is 21.9 Å². The van der Waals surface area contributed by atoms with Gasteiger partial charge in [-0.25, -0.2) is 4.98 Å². The van der Waals surface area contributed by atoms with E-state index < -0.39 is 5.97 Å². The highest BCUT2D eigenvalue weighted by Crippen LogP contribution is 2.38. The second kappa shape index (κ2) is 6.48. The lowest BCUT2D eigenvalue weighted by Crippen LogP contribution is -2.23. The van der Waals surface area contributed by atoms with Crippen molar-refractivity contribution in [3.05, 3.63) is 24.7 Å². The normalized spacial score (nSPS) is 20.4. The smallest absolute Gasteiger partial charge is 0.306 e. The molecular weight excluding hydrogens is 334 g/mol. The van der Waals surface area contributed by atoms with E-state index in [1.54, 1.807) is 20.4 Å². The molecule has 7 heteroatoms. The van der Waals surface area contributed by atoms with Crippen molar-refractivity contribution in [3.63, 3.8) is 0 Å². The highest BCUT2D eigenvalue weighted by Gasteiger charge is 2.28. The third-order valence-corrected chi connectivity index (χ3v) is 5.34. The number of rotatable bonds is 4. The van der Waals surface area contributed by atoms with Gasteiger partial charge in [0.1, 0.15) is 5.52 Å². The molecule has 1 aromatic carbocycles. The summed E-state index contributed by atoms with van der Waals surface area (Å²) in [5.41, 5.74) is 2.65. The van der Waals surface area contributed by atoms with Crippen LogP contribution in [0.1, 0.15) is 31.7 Å². The zero-order valence-corrected chi connectivity index (χ0v) is 14.8. The average Bonchev–Trinajstić information content (AvgIpc) is 3.11.